The average Bonchev–Trinajstić information content (AvgIpc) is 2.74. The molecule has 9 nitrogen and oxygen atoms in total. The first kappa shape index (κ1) is 18.8. The van der Waals surface area contributed by atoms with Gasteiger partial charge in [-0.1, -0.05) is 0 Å². The minimum atomic E-state index is -0.427. The van der Waals surface area contributed by atoms with Gasteiger partial charge in [0.25, 0.3) is 11.2 Å². The Hall–Kier alpha value is -3.59. The lowest BCUT2D eigenvalue weighted by molar-refractivity contribution is -0.385. The van der Waals surface area contributed by atoms with Crippen molar-refractivity contribution < 1.29 is 9.66 Å². The summed E-state index contributed by atoms with van der Waals surface area (Å²) < 4.78 is 5.34. The number of hydrogen-bond donors (Lipinski definition) is 1. The van der Waals surface area contributed by atoms with Crippen molar-refractivity contribution in [2.24, 2.45) is 0 Å². The van der Waals surface area contributed by atoms with E-state index in [0.29, 0.717) is 48.8 Å². The van der Waals surface area contributed by atoms with Crippen LogP contribution in [0.15, 0.2) is 47.5 Å². The number of nitro groups is 1. The zero-order chi connectivity index (χ0) is 20.4. The molecule has 0 bridgehead atoms. The molecule has 0 amide bonds. The minimum absolute atomic E-state index is 0.0136. The van der Waals surface area contributed by atoms with Crippen molar-refractivity contribution in [1.82, 2.24) is 19.9 Å². The predicted molar refractivity (Wildman–Crippen MR) is 106 cm³/mol. The molecule has 0 aliphatic carbocycles. The maximum absolute atomic E-state index is 12.7. The van der Waals surface area contributed by atoms with Gasteiger partial charge in [-0.25, -0.2) is 4.98 Å². The van der Waals surface area contributed by atoms with Gasteiger partial charge in [-0.05, 0) is 18.2 Å². The van der Waals surface area contributed by atoms with Gasteiger partial charge in [0.2, 0.25) is 0 Å². The van der Waals surface area contributed by atoms with E-state index in [-0.39, 0.29) is 11.2 Å². The molecule has 4 rings (SSSR count). The highest BCUT2D eigenvalue weighted by Crippen LogP contribution is 2.27. The molecule has 2 aromatic heterocycles. The number of methoxy groups -OCH3 is 1. The first-order valence-electron chi connectivity index (χ1n) is 9.11. The standard InChI is InChI=1S/C20H19N5O4/c1-29-18-3-2-15(25(27)28)10-14(18)11-24-9-6-17-16(12-24)20(26)23-19(22-17)13-4-7-21-8-5-13/h2-5,7-8,10H,6,9,11-12H2,1H3,(H,22,23,26). The number of nitro benzene ring substituents is 1. The van der Waals surface area contributed by atoms with Gasteiger partial charge in [-0.15, -0.1) is 0 Å². The minimum Gasteiger partial charge on any atom is -0.496 e. The van der Waals surface area contributed by atoms with E-state index in [1.807, 2.05) is 0 Å². The van der Waals surface area contributed by atoms with Crippen LogP contribution in [0.3, 0.4) is 0 Å². The van der Waals surface area contributed by atoms with Crippen LogP contribution >= 0.6 is 0 Å². The first-order valence-corrected chi connectivity index (χ1v) is 9.11. The number of aromatic amines is 1. The number of rotatable bonds is 5. The molecule has 1 aliphatic rings. The third-order valence-corrected chi connectivity index (χ3v) is 4.97. The number of ether oxygens (including phenoxy) is 1. The molecular weight excluding hydrogens is 374 g/mol. The second-order valence-electron chi connectivity index (χ2n) is 6.79. The van der Waals surface area contributed by atoms with Gasteiger partial charge < -0.3 is 9.72 Å². The van der Waals surface area contributed by atoms with Crippen LogP contribution in [0.25, 0.3) is 11.4 Å². The highest BCUT2D eigenvalue weighted by Gasteiger charge is 2.23. The lowest BCUT2D eigenvalue weighted by Gasteiger charge is -2.28. The molecule has 0 spiro atoms. The number of nitrogens with one attached hydrogen (secondary N) is 1. The van der Waals surface area contributed by atoms with Gasteiger partial charge in [-0.2, -0.15) is 0 Å². The summed E-state index contributed by atoms with van der Waals surface area (Å²) in [6.07, 6.45) is 3.93. The number of fused-ring (bicyclic) bond motifs is 1. The highest BCUT2D eigenvalue weighted by molar-refractivity contribution is 5.54. The van der Waals surface area contributed by atoms with Crippen molar-refractivity contribution in [3.63, 3.8) is 0 Å². The largest absolute Gasteiger partial charge is 0.496 e. The molecular formula is C20H19N5O4. The van der Waals surface area contributed by atoms with Gasteiger partial charge >= 0.3 is 0 Å². The Labute approximate surface area is 166 Å². The Balaban J connectivity index is 1.59. The van der Waals surface area contributed by atoms with Crippen LogP contribution in [0.2, 0.25) is 0 Å². The van der Waals surface area contributed by atoms with Crippen LogP contribution in [-0.4, -0.2) is 38.4 Å². The second-order valence-corrected chi connectivity index (χ2v) is 6.79. The summed E-state index contributed by atoms with van der Waals surface area (Å²) in [5, 5.41) is 11.1. The molecule has 0 atom stereocenters. The van der Waals surface area contributed by atoms with E-state index < -0.39 is 4.92 Å². The molecule has 3 heterocycles. The maximum Gasteiger partial charge on any atom is 0.270 e. The van der Waals surface area contributed by atoms with Crippen LogP contribution < -0.4 is 10.3 Å². The molecule has 148 valence electrons. The number of H-pyrrole nitrogens is 1. The number of hydrogen-bond acceptors (Lipinski definition) is 7. The van der Waals surface area contributed by atoms with Gasteiger partial charge in [0.1, 0.15) is 11.6 Å². The summed E-state index contributed by atoms with van der Waals surface area (Å²) in [4.78, 5) is 36.9. The lowest BCUT2D eigenvalue weighted by Crippen LogP contribution is -2.35. The Morgan fingerprint density at radius 2 is 2.07 bits per heavy atom. The van der Waals surface area contributed by atoms with E-state index in [2.05, 4.69) is 19.9 Å². The third-order valence-electron chi connectivity index (χ3n) is 4.97. The molecule has 1 aromatic carbocycles. The fourth-order valence-corrected chi connectivity index (χ4v) is 3.51. The van der Waals surface area contributed by atoms with E-state index in [9.17, 15) is 14.9 Å². The average molecular weight is 393 g/mol. The summed E-state index contributed by atoms with van der Waals surface area (Å²) in [5.41, 5.74) is 2.77. The van der Waals surface area contributed by atoms with Crippen LogP contribution in [0, 0.1) is 10.1 Å². The Morgan fingerprint density at radius 3 is 2.79 bits per heavy atom. The van der Waals surface area contributed by atoms with Gasteiger partial charge in [-0.3, -0.25) is 24.8 Å². The van der Waals surface area contributed by atoms with Crippen molar-refractivity contribution in [3.05, 3.63) is 80.0 Å². The Bertz CT molecular complexity index is 1110. The molecule has 0 radical (unpaired) electrons. The molecule has 1 aliphatic heterocycles. The van der Waals surface area contributed by atoms with E-state index in [4.69, 9.17) is 4.74 Å². The maximum atomic E-state index is 12.7. The number of benzene rings is 1. The van der Waals surface area contributed by atoms with Crippen molar-refractivity contribution in [2.45, 2.75) is 19.5 Å². The van der Waals surface area contributed by atoms with Gasteiger partial charge in [0, 0.05) is 61.7 Å². The fraction of sp³-hybridized carbons (Fsp3) is 0.250. The van der Waals surface area contributed by atoms with E-state index in [1.165, 1.54) is 19.2 Å². The second kappa shape index (κ2) is 7.80. The van der Waals surface area contributed by atoms with E-state index >= 15 is 0 Å². The first-order chi connectivity index (χ1) is 14.0. The molecule has 1 N–H and O–H groups in total. The van der Waals surface area contributed by atoms with E-state index in [1.54, 1.807) is 30.6 Å². The number of aromatic nitrogens is 3. The van der Waals surface area contributed by atoms with E-state index in [0.717, 1.165) is 11.3 Å². The molecule has 0 saturated heterocycles. The van der Waals surface area contributed by atoms with Crippen molar-refractivity contribution in [3.8, 4) is 17.1 Å². The van der Waals surface area contributed by atoms with Gasteiger partial charge in [0.05, 0.1) is 23.3 Å². The summed E-state index contributed by atoms with van der Waals surface area (Å²) in [5.74, 6) is 1.12. The van der Waals surface area contributed by atoms with Crippen LogP contribution in [0.4, 0.5) is 5.69 Å². The predicted octanol–water partition coefficient (Wildman–Crippen LogP) is 2.31. The quantitative estimate of drug-likeness (QED) is 0.522. The summed E-state index contributed by atoms with van der Waals surface area (Å²) >= 11 is 0. The SMILES string of the molecule is COc1ccc([N+](=O)[O-])cc1CN1CCc2nc(-c3ccncc3)[nH]c(=O)c2C1. The smallest absolute Gasteiger partial charge is 0.270 e. The topological polar surface area (TPSA) is 114 Å². The monoisotopic (exact) mass is 393 g/mol. The van der Waals surface area contributed by atoms with Crippen molar-refractivity contribution in [2.75, 3.05) is 13.7 Å². The molecule has 0 saturated carbocycles. The summed E-state index contributed by atoms with van der Waals surface area (Å²) in [7, 11) is 1.53. The number of non-ortho nitro benzene ring substituents is 1. The zero-order valence-electron chi connectivity index (χ0n) is 15.8. The van der Waals surface area contributed by atoms with Crippen LogP contribution in [0.1, 0.15) is 16.8 Å². The zero-order valence-corrected chi connectivity index (χ0v) is 15.8. The van der Waals surface area contributed by atoms with Gasteiger partial charge in [0.15, 0.2) is 0 Å². The fourth-order valence-electron chi connectivity index (χ4n) is 3.51. The lowest BCUT2D eigenvalue weighted by atomic mass is 10.0. The molecule has 9 heteroatoms. The molecule has 29 heavy (non-hydrogen) atoms. The van der Waals surface area contributed by atoms with Crippen molar-refractivity contribution >= 4 is 5.69 Å². The normalized spacial score (nSPS) is 13.7. The van der Waals surface area contributed by atoms with Crippen molar-refractivity contribution in [1.29, 1.82) is 0 Å². The highest BCUT2D eigenvalue weighted by atomic mass is 16.6. The summed E-state index contributed by atoms with van der Waals surface area (Å²) in [6.45, 7) is 1.54. The summed E-state index contributed by atoms with van der Waals surface area (Å²) in [6, 6.07) is 8.13. The Morgan fingerprint density at radius 1 is 1.28 bits per heavy atom. The molecule has 0 fully saturated rings. The number of nitrogens with zero attached hydrogens (tertiary/aromatic N) is 4. The Kier molecular flexibility index (Phi) is 5.05. The number of pyridine rings is 1. The van der Waals surface area contributed by atoms with Crippen LogP contribution in [-0.2, 0) is 19.5 Å². The molecule has 3 aromatic rings. The molecule has 0 unspecified atom stereocenters. The van der Waals surface area contributed by atoms with Crippen LogP contribution in [0.5, 0.6) is 5.75 Å². The third kappa shape index (κ3) is 3.85.